The summed E-state index contributed by atoms with van der Waals surface area (Å²) < 4.78 is 1.53. The first-order chi connectivity index (χ1) is 9.69. The number of carbonyl (C=O) groups excluding carboxylic acids is 2. The van der Waals surface area contributed by atoms with E-state index in [0.29, 0.717) is 23.1 Å². The molecular weight excluding hydrogens is 256 g/mol. The van der Waals surface area contributed by atoms with E-state index in [1.807, 2.05) is 13.0 Å². The largest absolute Gasteiger partial charge is 0.348 e. The van der Waals surface area contributed by atoms with Crippen LogP contribution in [0.2, 0.25) is 0 Å². The lowest BCUT2D eigenvalue weighted by atomic mass is 10.1. The molecule has 102 valence electrons. The summed E-state index contributed by atoms with van der Waals surface area (Å²) >= 11 is 0. The molecule has 0 aliphatic carbocycles. The summed E-state index contributed by atoms with van der Waals surface area (Å²) in [6.07, 6.45) is 4.75. The third-order valence-electron chi connectivity index (χ3n) is 3.09. The number of amides is 1. The SMILES string of the molecule is CCC(CC#N)NC(=O)c1cnn2ccc(C=O)cc12. The highest BCUT2D eigenvalue weighted by atomic mass is 16.1. The average Bonchev–Trinajstić information content (AvgIpc) is 2.89. The molecule has 1 atom stereocenters. The molecule has 0 radical (unpaired) electrons. The number of aldehydes is 1. The summed E-state index contributed by atoms with van der Waals surface area (Å²) in [6, 6.07) is 5.09. The molecule has 0 aliphatic heterocycles. The van der Waals surface area contributed by atoms with Crippen molar-refractivity contribution in [3.63, 3.8) is 0 Å². The lowest BCUT2D eigenvalue weighted by Crippen LogP contribution is -2.34. The molecule has 20 heavy (non-hydrogen) atoms. The highest BCUT2D eigenvalue weighted by molar-refractivity contribution is 6.01. The zero-order valence-electron chi connectivity index (χ0n) is 11.0. The van der Waals surface area contributed by atoms with Crippen LogP contribution in [0.3, 0.4) is 0 Å². The van der Waals surface area contributed by atoms with Crippen molar-refractivity contribution in [3.05, 3.63) is 35.7 Å². The lowest BCUT2D eigenvalue weighted by molar-refractivity contribution is 0.0938. The number of pyridine rings is 1. The van der Waals surface area contributed by atoms with Crippen molar-refractivity contribution in [2.24, 2.45) is 0 Å². The Balaban J connectivity index is 2.30. The molecule has 0 aliphatic rings. The number of nitrogens with one attached hydrogen (secondary N) is 1. The second-order valence-corrected chi connectivity index (χ2v) is 4.41. The molecule has 1 amide bonds. The minimum absolute atomic E-state index is 0.184. The molecule has 1 unspecified atom stereocenters. The topological polar surface area (TPSA) is 87.3 Å². The van der Waals surface area contributed by atoms with Crippen LogP contribution in [0.1, 0.15) is 40.5 Å². The van der Waals surface area contributed by atoms with Crippen molar-refractivity contribution in [1.82, 2.24) is 14.9 Å². The third kappa shape index (κ3) is 2.67. The summed E-state index contributed by atoms with van der Waals surface area (Å²) in [5.74, 6) is -0.287. The molecule has 1 N–H and O–H groups in total. The fourth-order valence-electron chi connectivity index (χ4n) is 1.92. The van der Waals surface area contributed by atoms with Crippen LogP contribution in [-0.4, -0.2) is 27.8 Å². The maximum atomic E-state index is 12.2. The zero-order chi connectivity index (χ0) is 14.5. The van der Waals surface area contributed by atoms with Crippen molar-refractivity contribution in [2.75, 3.05) is 0 Å². The predicted octanol–water partition coefficient (Wildman–Crippen LogP) is 1.57. The van der Waals surface area contributed by atoms with E-state index in [-0.39, 0.29) is 18.4 Å². The van der Waals surface area contributed by atoms with Crippen LogP contribution in [0, 0.1) is 11.3 Å². The van der Waals surface area contributed by atoms with E-state index in [4.69, 9.17) is 5.26 Å². The van der Waals surface area contributed by atoms with Gasteiger partial charge in [-0.3, -0.25) is 9.59 Å². The van der Waals surface area contributed by atoms with Crippen molar-refractivity contribution in [1.29, 1.82) is 5.26 Å². The Morgan fingerprint density at radius 2 is 2.45 bits per heavy atom. The first-order valence-corrected chi connectivity index (χ1v) is 6.30. The molecule has 6 nitrogen and oxygen atoms in total. The van der Waals surface area contributed by atoms with Crippen LogP contribution in [0.25, 0.3) is 5.52 Å². The fourth-order valence-corrected chi connectivity index (χ4v) is 1.92. The van der Waals surface area contributed by atoms with Gasteiger partial charge in [-0.15, -0.1) is 0 Å². The molecular formula is C14H14N4O2. The molecule has 2 aromatic rings. The van der Waals surface area contributed by atoms with Gasteiger partial charge in [-0.2, -0.15) is 10.4 Å². The van der Waals surface area contributed by atoms with Gasteiger partial charge in [-0.1, -0.05) is 6.92 Å². The Hall–Kier alpha value is -2.68. The van der Waals surface area contributed by atoms with E-state index in [0.717, 1.165) is 6.29 Å². The van der Waals surface area contributed by atoms with Crippen LogP contribution in [0.5, 0.6) is 0 Å². The van der Waals surface area contributed by atoms with E-state index in [9.17, 15) is 9.59 Å². The minimum atomic E-state index is -0.287. The second kappa shape index (κ2) is 5.97. The Morgan fingerprint density at radius 1 is 1.65 bits per heavy atom. The molecule has 0 aromatic carbocycles. The molecule has 0 saturated carbocycles. The molecule has 0 spiro atoms. The van der Waals surface area contributed by atoms with Gasteiger partial charge in [0.25, 0.3) is 5.91 Å². The van der Waals surface area contributed by atoms with Crippen LogP contribution in [0.15, 0.2) is 24.5 Å². The Kier molecular flexibility index (Phi) is 4.11. The molecule has 2 rings (SSSR count). The predicted molar refractivity (Wildman–Crippen MR) is 72.4 cm³/mol. The summed E-state index contributed by atoms with van der Waals surface area (Å²) in [7, 11) is 0. The zero-order valence-corrected chi connectivity index (χ0v) is 11.0. The van der Waals surface area contributed by atoms with Gasteiger partial charge in [0.2, 0.25) is 0 Å². The highest BCUT2D eigenvalue weighted by Crippen LogP contribution is 2.12. The first kappa shape index (κ1) is 13.7. The second-order valence-electron chi connectivity index (χ2n) is 4.41. The van der Waals surface area contributed by atoms with Gasteiger partial charge in [0.05, 0.1) is 29.8 Å². The number of hydrogen-bond acceptors (Lipinski definition) is 4. The van der Waals surface area contributed by atoms with E-state index in [1.54, 1.807) is 18.3 Å². The minimum Gasteiger partial charge on any atom is -0.348 e. The summed E-state index contributed by atoms with van der Waals surface area (Å²) in [5, 5.41) is 15.6. The standard InChI is InChI=1S/C14H14N4O2/c1-2-11(3-5-15)17-14(20)12-8-16-18-6-4-10(9-19)7-13(12)18/h4,6-9,11H,2-3H2,1H3,(H,17,20). The van der Waals surface area contributed by atoms with Crippen molar-refractivity contribution in [3.8, 4) is 6.07 Å². The molecule has 6 heteroatoms. The summed E-state index contributed by atoms with van der Waals surface area (Å²) in [4.78, 5) is 23.0. The van der Waals surface area contributed by atoms with Gasteiger partial charge in [-0.25, -0.2) is 4.52 Å². The number of rotatable bonds is 5. The van der Waals surface area contributed by atoms with Crippen LogP contribution >= 0.6 is 0 Å². The van der Waals surface area contributed by atoms with Crippen LogP contribution in [-0.2, 0) is 0 Å². The lowest BCUT2D eigenvalue weighted by Gasteiger charge is -2.12. The Morgan fingerprint density at radius 3 is 3.10 bits per heavy atom. The van der Waals surface area contributed by atoms with E-state index in [2.05, 4.69) is 10.4 Å². The number of carbonyl (C=O) groups is 2. The number of nitriles is 1. The van der Waals surface area contributed by atoms with E-state index < -0.39 is 0 Å². The maximum absolute atomic E-state index is 12.2. The molecule has 2 aromatic heterocycles. The molecule has 0 fully saturated rings. The van der Waals surface area contributed by atoms with Gasteiger partial charge in [0, 0.05) is 17.8 Å². The third-order valence-corrected chi connectivity index (χ3v) is 3.09. The fraction of sp³-hybridized carbons (Fsp3) is 0.286. The van der Waals surface area contributed by atoms with Crippen molar-refractivity contribution < 1.29 is 9.59 Å². The smallest absolute Gasteiger partial charge is 0.255 e. The number of hydrogen-bond donors (Lipinski definition) is 1. The normalized spacial score (nSPS) is 11.8. The number of fused-ring (bicyclic) bond motifs is 1. The monoisotopic (exact) mass is 270 g/mol. The molecule has 0 saturated heterocycles. The summed E-state index contributed by atoms with van der Waals surface area (Å²) in [6.45, 7) is 1.91. The van der Waals surface area contributed by atoms with Crippen molar-refractivity contribution in [2.45, 2.75) is 25.8 Å². The number of aromatic nitrogens is 2. The van der Waals surface area contributed by atoms with Crippen molar-refractivity contribution >= 4 is 17.7 Å². The van der Waals surface area contributed by atoms with E-state index in [1.165, 1.54) is 10.7 Å². The summed E-state index contributed by atoms with van der Waals surface area (Å²) in [5.41, 5.74) is 1.44. The van der Waals surface area contributed by atoms with Crippen LogP contribution < -0.4 is 5.32 Å². The molecule has 2 heterocycles. The Bertz CT molecular complexity index is 684. The van der Waals surface area contributed by atoms with Crippen LogP contribution in [0.4, 0.5) is 0 Å². The molecule has 0 bridgehead atoms. The maximum Gasteiger partial charge on any atom is 0.255 e. The number of nitrogens with zero attached hydrogens (tertiary/aromatic N) is 3. The Labute approximate surface area is 116 Å². The quantitative estimate of drug-likeness (QED) is 0.835. The average molecular weight is 270 g/mol. The first-order valence-electron chi connectivity index (χ1n) is 6.30. The van der Waals surface area contributed by atoms with Gasteiger partial charge in [0.15, 0.2) is 0 Å². The van der Waals surface area contributed by atoms with Gasteiger partial charge in [0.1, 0.15) is 6.29 Å². The highest BCUT2D eigenvalue weighted by Gasteiger charge is 2.16. The van der Waals surface area contributed by atoms with Gasteiger partial charge in [-0.05, 0) is 18.6 Å². The van der Waals surface area contributed by atoms with Gasteiger partial charge >= 0.3 is 0 Å². The van der Waals surface area contributed by atoms with E-state index >= 15 is 0 Å². The van der Waals surface area contributed by atoms with Gasteiger partial charge < -0.3 is 5.32 Å².